The van der Waals surface area contributed by atoms with Crippen molar-refractivity contribution in [3.8, 4) is 0 Å². The third-order valence-electron chi connectivity index (χ3n) is 8.10. The third kappa shape index (κ3) is 8.03. The average molecular weight is 652 g/mol. The van der Waals surface area contributed by atoms with Gasteiger partial charge in [0, 0.05) is 24.5 Å². The van der Waals surface area contributed by atoms with E-state index in [9.17, 15) is 27.6 Å². The predicted molar refractivity (Wildman–Crippen MR) is 166 cm³/mol. The van der Waals surface area contributed by atoms with Gasteiger partial charge in [-0.25, -0.2) is 9.52 Å². The molecule has 44 heavy (non-hydrogen) atoms. The van der Waals surface area contributed by atoms with Crippen molar-refractivity contribution >= 4 is 51.3 Å². The third-order valence-corrected chi connectivity index (χ3v) is 9.73. The van der Waals surface area contributed by atoms with Crippen LogP contribution in [0.2, 0.25) is 5.02 Å². The molecule has 0 spiro atoms. The molecule has 2 heterocycles. The van der Waals surface area contributed by atoms with Crippen molar-refractivity contribution in [3.63, 3.8) is 0 Å². The second-order valence-corrected chi connectivity index (χ2v) is 14.7. The topological polar surface area (TPSA) is 154 Å². The van der Waals surface area contributed by atoms with Crippen LogP contribution in [-0.4, -0.2) is 73.9 Å². The maximum Gasteiger partial charge on any atom is 0.408 e. The minimum atomic E-state index is -4.33. The Balaban J connectivity index is 1.55. The molecule has 1 aromatic carbocycles. The maximum atomic E-state index is 13.7. The first kappa shape index (κ1) is 33.6. The Kier molecular flexibility index (Phi) is 10.2. The van der Waals surface area contributed by atoms with E-state index in [1.807, 2.05) is 12.2 Å². The molecule has 4 atom stereocenters. The van der Waals surface area contributed by atoms with E-state index in [2.05, 4.69) is 15.4 Å². The van der Waals surface area contributed by atoms with E-state index in [4.69, 9.17) is 16.3 Å². The molecule has 14 heteroatoms. The summed E-state index contributed by atoms with van der Waals surface area (Å²) in [6.45, 7) is 5.51. The SMILES string of the molecule is CN(c1ccc(Cl)cc1)S(=O)(=O)NC(=O)[C@@]12C[C@@H]1/C=C\CCCCC[C@H](NC(=O)OC(C)(C)C)C(=O)N1CCC[C@H]1C(=O)N2. The highest BCUT2D eigenvalue weighted by atomic mass is 35.5. The molecule has 2 fully saturated rings. The number of carbonyl (C=O) groups excluding carboxylic acids is 4. The Hall–Kier alpha value is -3.32. The number of alkyl carbamates (subject to hydrolysis) is 1. The van der Waals surface area contributed by atoms with Gasteiger partial charge >= 0.3 is 16.3 Å². The summed E-state index contributed by atoms with van der Waals surface area (Å²) in [4.78, 5) is 55.1. The summed E-state index contributed by atoms with van der Waals surface area (Å²) < 4.78 is 34.8. The summed E-state index contributed by atoms with van der Waals surface area (Å²) in [6, 6.07) is 4.34. The number of hydrogen-bond acceptors (Lipinski definition) is 7. The van der Waals surface area contributed by atoms with Gasteiger partial charge in [0.05, 0.1) is 5.69 Å². The second kappa shape index (κ2) is 13.4. The molecule has 2 aliphatic heterocycles. The molecule has 1 aromatic rings. The van der Waals surface area contributed by atoms with Crippen molar-refractivity contribution in [2.24, 2.45) is 5.92 Å². The van der Waals surface area contributed by atoms with Crippen molar-refractivity contribution in [3.05, 3.63) is 41.4 Å². The van der Waals surface area contributed by atoms with Crippen LogP contribution in [0.3, 0.4) is 0 Å². The minimum Gasteiger partial charge on any atom is -0.444 e. The number of amides is 4. The van der Waals surface area contributed by atoms with E-state index >= 15 is 0 Å². The summed E-state index contributed by atoms with van der Waals surface area (Å²) >= 11 is 5.93. The van der Waals surface area contributed by atoms with E-state index in [1.165, 1.54) is 36.2 Å². The number of ether oxygens (including phenoxy) is 1. The smallest absolute Gasteiger partial charge is 0.408 e. The molecule has 0 bridgehead atoms. The lowest BCUT2D eigenvalue weighted by Gasteiger charge is -2.30. The molecular weight excluding hydrogens is 610 g/mol. The summed E-state index contributed by atoms with van der Waals surface area (Å²) in [5, 5.41) is 5.95. The fraction of sp³-hybridized carbons (Fsp3) is 0.600. The van der Waals surface area contributed by atoms with Gasteiger partial charge in [-0.15, -0.1) is 0 Å². The van der Waals surface area contributed by atoms with Crippen LogP contribution >= 0.6 is 11.6 Å². The number of nitrogens with zero attached hydrogens (tertiary/aromatic N) is 2. The zero-order valence-corrected chi connectivity index (χ0v) is 27.2. The van der Waals surface area contributed by atoms with Gasteiger partial charge < -0.3 is 20.3 Å². The van der Waals surface area contributed by atoms with Crippen molar-refractivity contribution < 1.29 is 32.3 Å². The van der Waals surface area contributed by atoms with Crippen LogP contribution < -0.4 is 19.7 Å². The van der Waals surface area contributed by atoms with E-state index in [0.717, 1.165) is 17.1 Å². The van der Waals surface area contributed by atoms with Crippen LogP contribution in [0.1, 0.15) is 72.1 Å². The number of hydrogen-bond donors (Lipinski definition) is 3. The largest absolute Gasteiger partial charge is 0.444 e. The van der Waals surface area contributed by atoms with Gasteiger partial charge in [0.2, 0.25) is 11.8 Å². The number of allylic oxidation sites excluding steroid dienone is 1. The minimum absolute atomic E-state index is 0.213. The van der Waals surface area contributed by atoms with Gasteiger partial charge in [0.25, 0.3) is 5.91 Å². The highest BCUT2D eigenvalue weighted by molar-refractivity contribution is 7.91. The van der Waals surface area contributed by atoms with Gasteiger partial charge in [-0.05, 0) is 83.6 Å². The first-order chi connectivity index (χ1) is 20.6. The number of anilines is 1. The van der Waals surface area contributed by atoms with E-state index in [1.54, 1.807) is 20.8 Å². The lowest BCUT2D eigenvalue weighted by atomic mass is 10.0. The zero-order chi connectivity index (χ0) is 32.3. The second-order valence-electron chi connectivity index (χ2n) is 12.6. The van der Waals surface area contributed by atoms with Gasteiger partial charge in [0.1, 0.15) is 23.2 Å². The number of benzene rings is 1. The highest BCUT2D eigenvalue weighted by Crippen LogP contribution is 2.45. The molecule has 1 aliphatic carbocycles. The quantitative estimate of drug-likeness (QED) is 0.412. The lowest BCUT2D eigenvalue weighted by molar-refractivity contribution is -0.141. The van der Waals surface area contributed by atoms with Crippen molar-refractivity contribution in [2.45, 2.75) is 95.4 Å². The predicted octanol–water partition coefficient (Wildman–Crippen LogP) is 3.42. The first-order valence-corrected chi connectivity index (χ1v) is 16.8. The number of halogens is 1. The Morgan fingerprint density at radius 1 is 1.09 bits per heavy atom. The van der Waals surface area contributed by atoms with Crippen molar-refractivity contribution in [1.29, 1.82) is 0 Å². The van der Waals surface area contributed by atoms with Gasteiger partial charge in [0.15, 0.2) is 0 Å². The molecule has 12 nitrogen and oxygen atoms in total. The molecular formula is C30H42ClN5O7S. The molecule has 1 saturated carbocycles. The number of rotatable bonds is 5. The standard InChI is InChI=1S/C30H42ClN5O7S/c1-29(2,3)43-28(40)32-23-12-9-7-5-6-8-11-20-19-30(20,33-25(37)24-13-10-18-36(24)26(23)38)27(39)34-44(41,42)35(4)22-16-14-21(31)15-17-22/h8,11,14-17,20,23-24H,5-7,9-10,12-13,18-19H2,1-4H3,(H,32,40)(H,33,37)(H,34,39)/b11-8-/t20-,23-,24-,30+/m0/s1. The van der Waals surface area contributed by atoms with Crippen LogP contribution in [0.15, 0.2) is 36.4 Å². The Bertz CT molecular complexity index is 1400. The highest BCUT2D eigenvalue weighted by Gasteiger charge is 2.61. The first-order valence-electron chi connectivity index (χ1n) is 15.0. The molecule has 1 saturated heterocycles. The molecule has 0 radical (unpaired) electrons. The molecule has 0 unspecified atom stereocenters. The van der Waals surface area contributed by atoms with Gasteiger partial charge in [-0.2, -0.15) is 8.42 Å². The van der Waals surface area contributed by atoms with Gasteiger partial charge in [-0.1, -0.05) is 36.6 Å². The molecule has 3 aliphatic rings. The van der Waals surface area contributed by atoms with Crippen LogP contribution in [0.4, 0.5) is 10.5 Å². The Morgan fingerprint density at radius 3 is 2.48 bits per heavy atom. The molecule has 3 N–H and O–H groups in total. The maximum absolute atomic E-state index is 13.7. The molecule has 4 rings (SSSR count). The number of fused-ring (bicyclic) bond motifs is 2. The van der Waals surface area contributed by atoms with Crippen molar-refractivity contribution in [1.82, 2.24) is 20.3 Å². The fourth-order valence-corrected chi connectivity index (χ4v) is 6.69. The summed E-state index contributed by atoms with van der Waals surface area (Å²) in [6.07, 6.45) is 7.60. The monoisotopic (exact) mass is 651 g/mol. The van der Waals surface area contributed by atoms with E-state index < -0.39 is 57.3 Å². The molecule has 0 aromatic heterocycles. The fourth-order valence-electron chi connectivity index (χ4n) is 5.61. The zero-order valence-electron chi connectivity index (χ0n) is 25.6. The van der Waals surface area contributed by atoms with Crippen LogP contribution in [0.25, 0.3) is 0 Å². The Morgan fingerprint density at radius 2 is 1.80 bits per heavy atom. The van der Waals surface area contributed by atoms with Gasteiger partial charge in [-0.3, -0.25) is 18.7 Å². The van der Waals surface area contributed by atoms with Crippen molar-refractivity contribution in [2.75, 3.05) is 17.9 Å². The Labute approximate surface area is 264 Å². The average Bonchev–Trinajstić information content (AvgIpc) is 3.40. The lowest BCUT2D eigenvalue weighted by Crippen LogP contribution is -2.59. The summed E-state index contributed by atoms with van der Waals surface area (Å²) in [5.41, 5.74) is -1.95. The normalized spacial score (nSPS) is 27.0. The summed E-state index contributed by atoms with van der Waals surface area (Å²) in [7, 11) is -3.02. The number of nitrogens with one attached hydrogen (secondary N) is 3. The van der Waals surface area contributed by atoms with Crippen LogP contribution in [0, 0.1) is 5.92 Å². The van der Waals surface area contributed by atoms with Crippen LogP contribution in [0.5, 0.6) is 0 Å². The summed E-state index contributed by atoms with van der Waals surface area (Å²) in [5.74, 6) is -2.21. The number of carbonyl (C=O) groups is 4. The van der Waals surface area contributed by atoms with Crippen LogP contribution in [-0.2, 0) is 29.3 Å². The molecule has 242 valence electrons. The van der Waals surface area contributed by atoms with E-state index in [-0.39, 0.29) is 12.3 Å². The molecule has 4 amide bonds. The van der Waals surface area contributed by atoms with E-state index in [0.29, 0.717) is 49.4 Å².